The van der Waals surface area contributed by atoms with Crippen LogP contribution < -0.4 is 0 Å². The van der Waals surface area contributed by atoms with Crippen LogP contribution in [0.4, 0.5) is 0 Å². The molecule has 0 unspecified atom stereocenters. The first-order valence-corrected chi connectivity index (χ1v) is 9.38. The van der Waals surface area contributed by atoms with Gasteiger partial charge in [0.15, 0.2) is 5.82 Å². The molecule has 2 aromatic heterocycles. The summed E-state index contributed by atoms with van der Waals surface area (Å²) in [4.78, 5) is 4.69. The summed E-state index contributed by atoms with van der Waals surface area (Å²) in [5.41, 5.74) is 3.02. The van der Waals surface area contributed by atoms with Crippen LogP contribution in [0.25, 0.3) is 22.7 Å². The molecule has 2 aromatic carbocycles. The minimum Gasteiger partial charge on any atom is -0.462 e. The Kier molecular flexibility index (Phi) is 4.95. The third-order valence-electron chi connectivity index (χ3n) is 4.41. The third kappa shape index (κ3) is 3.55. The number of hydrogen-bond donors (Lipinski definition) is 0. The van der Waals surface area contributed by atoms with Gasteiger partial charge in [-0.25, -0.2) is 4.98 Å². The minimum atomic E-state index is 0.413. The highest BCUT2D eigenvalue weighted by Gasteiger charge is 2.16. The standard InChI is InChI=1S/C22H15Cl2N3O/c1-14-6-9-18(28-14)10-16(12-25)22-26-20-4-2-3-5-21(20)27(22)13-15-7-8-17(23)11-19(15)24/h2-11H,13H2,1H3/b16-10+. The van der Waals surface area contributed by atoms with Gasteiger partial charge in [-0.1, -0.05) is 41.4 Å². The topological polar surface area (TPSA) is 54.8 Å². The van der Waals surface area contributed by atoms with Gasteiger partial charge in [0.25, 0.3) is 0 Å². The molecule has 0 saturated carbocycles. The SMILES string of the molecule is Cc1ccc(/C=C(\C#N)c2nc3ccccc3n2Cc2ccc(Cl)cc2Cl)o1. The Balaban J connectivity index is 1.87. The molecular weight excluding hydrogens is 393 g/mol. The van der Waals surface area contributed by atoms with Crippen molar-refractivity contribution < 1.29 is 4.42 Å². The summed E-state index contributed by atoms with van der Waals surface area (Å²) in [5.74, 6) is 1.95. The van der Waals surface area contributed by atoms with Crippen molar-refractivity contribution in [2.24, 2.45) is 0 Å². The molecule has 0 N–H and O–H groups in total. The fourth-order valence-corrected chi connectivity index (χ4v) is 3.55. The van der Waals surface area contributed by atoms with Crippen LogP contribution in [-0.4, -0.2) is 9.55 Å². The average Bonchev–Trinajstić information content (AvgIpc) is 3.25. The lowest BCUT2D eigenvalue weighted by Gasteiger charge is -2.10. The number of aromatic nitrogens is 2. The van der Waals surface area contributed by atoms with Crippen molar-refractivity contribution in [1.29, 1.82) is 5.26 Å². The van der Waals surface area contributed by atoms with Crippen molar-refractivity contribution in [2.75, 3.05) is 0 Å². The first-order chi connectivity index (χ1) is 13.5. The fourth-order valence-electron chi connectivity index (χ4n) is 3.08. The number of para-hydroxylation sites is 2. The molecule has 4 nitrogen and oxygen atoms in total. The molecule has 0 spiro atoms. The van der Waals surface area contributed by atoms with E-state index in [0.29, 0.717) is 33.7 Å². The monoisotopic (exact) mass is 407 g/mol. The zero-order chi connectivity index (χ0) is 19.7. The predicted octanol–water partition coefficient (Wildman–Crippen LogP) is 6.36. The zero-order valence-electron chi connectivity index (χ0n) is 15.0. The second-order valence-corrected chi connectivity index (χ2v) is 7.21. The van der Waals surface area contributed by atoms with Gasteiger partial charge in [-0.15, -0.1) is 0 Å². The van der Waals surface area contributed by atoms with Gasteiger partial charge in [-0.05, 0) is 48.9 Å². The van der Waals surface area contributed by atoms with Crippen LogP contribution in [-0.2, 0) is 6.54 Å². The highest BCUT2D eigenvalue weighted by molar-refractivity contribution is 6.35. The van der Waals surface area contributed by atoms with E-state index in [1.54, 1.807) is 18.2 Å². The predicted molar refractivity (Wildman–Crippen MR) is 112 cm³/mol. The van der Waals surface area contributed by atoms with Gasteiger partial charge in [0.1, 0.15) is 17.6 Å². The van der Waals surface area contributed by atoms with Gasteiger partial charge in [0.2, 0.25) is 0 Å². The number of allylic oxidation sites excluding steroid dienone is 1. The molecule has 138 valence electrons. The number of benzene rings is 2. The van der Waals surface area contributed by atoms with E-state index < -0.39 is 0 Å². The molecule has 28 heavy (non-hydrogen) atoms. The van der Waals surface area contributed by atoms with Crippen molar-refractivity contribution in [3.63, 3.8) is 0 Å². The van der Waals surface area contributed by atoms with Crippen molar-refractivity contribution in [3.05, 3.63) is 87.6 Å². The molecule has 0 aliphatic heterocycles. The van der Waals surface area contributed by atoms with Crippen molar-refractivity contribution in [2.45, 2.75) is 13.5 Å². The summed E-state index contributed by atoms with van der Waals surface area (Å²) in [7, 11) is 0. The number of rotatable bonds is 4. The van der Waals surface area contributed by atoms with E-state index in [1.807, 2.05) is 54.0 Å². The molecule has 0 bridgehead atoms. The first-order valence-electron chi connectivity index (χ1n) is 8.63. The number of fused-ring (bicyclic) bond motifs is 1. The Morgan fingerprint density at radius 3 is 2.71 bits per heavy atom. The van der Waals surface area contributed by atoms with Gasteiger partial charge < -0.3 is 8.98 Å². The zero-order valence-corrected chi connectivity index (χ0v) is 16.5. The van der Waals surface area contributed by atoms with Crippen molar-refractivity contribution in [1.82, 2.24) is 9.55 Å². The van der Waals surface area contributed by atoms with Gasteiger partial charge >= 0.3 is 0 Å². The minimum absolute atomic E-state index is 0.413. The molecule has 4 aromatic rings. The molecule has 0 saturated heterocycles. The van der Waals surface area contributed by atoms with E-state index in [4.69, 9.17) is 32.6 Å². The Morgan fingerprint density at radius 1 is 1.18 bits per heavy atom. The van der Waals surface area contributed by atoms with E-state index in [2.05, 4.69) is 6.07 Å². The van der Waals surface area contributed by atoms with Gasteiger partial charge in [0, 0.05) is 16.1 Å². The fraction of sp³-hybridized carbons (Fsp3) is 0.0909. The van der Waals surface area contributed by atoms with Crippen LogP contribution in [0.15, 0.2) is 59.0 Å². The second kappa shape index (κ2) is 7.55. The maximum atomic E-state index is 9.80. The lowest BCUT2D eigenvalue weighted by Crippen LogP contribution is -2.05. The van der Waals surface area contributed by atoms with Crippen LogP contribution in [0.3, 0.4) is 0 Å². The molecule has 2 heterocycles. The lowest BCUT2D eigenvalue weighted by molar-refractivity contribution is 0.525. The van der Waals surface area contributed by atoms with E-state index in [9.17, 15) is 5.26 Å². The summed E-state index contributed by atoms with van der Waals surface area (Å²) in [6.07, 6.45) is 1.70. The van der Waals surface area contributed by atoms with E-state index >= 15 is 0 Å². The quantitative estimate of drug-likeness (QED) is 0.370. The lowest BCUT2D eigenvalue weighted by atomic mass is 10.2. The molecule has 0 aliphatic carbocycles. The molecule has 0 atom stereocenters. The number of aryl methyl sites for hydroxylation is 1. The number of nitriles is 1. The summed E-state index contributed by atoms with van der Waals surface area (Å²) >= 11 is 12.4. The van der Waals surface area contributed by atoms with Crippen LogP contribution >= 0.6 is 23.2 Å². The van der Waals surface area contributed by atoms with Crippen molar-refractivity contribution in [3.8, 4) is 6.07 Å². The Labute approximate surface area is 172 Å². The van der Waals surface area contributed by atoms with Gasteiger partial charge in [0.05, 0.1) is 23.2 Å². The summed E-state index contributed by atoms with van der Waals surface area (Å²) in [6, 6.07) is 19.1. The van der Waals surface area contributed by atoms with E-state index in [1.165, 1.54) is 0 Å². The second-order valence-electron chi connectivity index (χ2n) is 6.36. The van der Waals surface area contributed by atoms with E-state index in [-0.39, 0.29) is 0 Å². The highest BCUT2D eigenvalue weighted by atomic mass is 35.5. The number of hydrogen-bond acceptors (Lipinski definition) is 3. The number of nitrogens with zero attached hydrogens (tertiary/aromatic N) is 3. The Morgan fingerprint density at radius 2 is 2.00 bits per heavy atom. The first kappa shape index (κ1) is 18.4. The normalized spacial score (nSPS) is 11.7. The van der Waals surface area contributed by atoms with Crippen LogP contribution in [0.1, 0.15) is 22.9 Å². The maximum absolute atomic E-state index is 9.80. The number of halogens is 2. The largest absolute Gasteiger partial charge is 0.462 e. The smallest absolute Gasteiger partial charge is 0.152 e. The van der Waals surface area contributed by atoms with Crippen molar-refractivity contribution >= 4 is 45.9 Å². The van der Waals surface area contributed by atoms with E-state index in [0.717, 1.165) is 22.4 Å². The van der Waals surface area contributed by atoms with Crippen LogP contribution in [0, 0.1) is 18.3 Å². The molecule has 0 aliphatic rings. The molecule has 0 fully saturated rings. The highest BCUT2D eigenvalue weighted by Crippen LogP contribution is 2.28. The molecular formula is C22H15Cl2N3O. The molecule has 4 rings (SSSR count). The third-order valence-corrected chi connectivity index (χ3v) is 4.99. The van der Waals surface area contributed by atoms with Crippen LogP contribution in [0.2, 0.25) is 10.0 Å². The van der Waals surface area contributed by atoms with Crippen LogP contribution in [0.5, 0.6) is 0 Å². The molecule has 6 heteroatoms. The average molecular weight is 408 g/mol. The van der Waals surface area contributed by atoms with Gasteiger partial charge in [-0.2, -0.15) is 5.26 Å². The maximum Gasteiger partial charge on any atom is 0.152 e. The molecule has 0 amide bonds. The summed E-state index contributed by atoms with van der Waals surface area (Å²) < 4.78 is 7.58. The Bertz CT molecular complexity index is 1240. The molecule has 0 radical (unpaired) electrons. The summed E-state index contributed by atoms with van der Waals surface area (Å²) in [5, 5.41) is 10.9. The Hall–Kier alpha value is -3.00. The number of imidazole rings is 1. The van der Waals surface area contributed by atoms with Gasteiger partial charge in [-0.3, -0.25) is 0 Å². The summed E-state index contributed by atoms with van der Waals surface area (Å²) in [6.45, 7) is 2.32. The number of furan rings is 1.